The first-order chi connectivity index (χ1) is 30.1. The molecule has 0 aliphatic carbocycles. The first-order valence-electron chi connectivity index (χ1n) is 24.5. The van der Waals surface area contributed by atoms with Gasteiger partial charge >= 0.3 is 201 Å². The number of alkyl halides is 1. The van der Waals surface area contributed by atoms with Crippen LogP contribution < -0.4 is 31.2 Å². The number of hydrogen-bond acceptors (Lipinski definition) is 13. The summed E-state index contributed by atoms with van der Waals surface area (Å²) >= 11 is -0.695. The van der Waals surface area contributed by atoms with Gasteiger partial charge in [0.15, 0.2) is 0 Å². The van der Waals surface area contributed by atoms with E-state index in [1.54, 1.807) is 0 Å². The fourth-order valence-corrected chi connectivity index (χ4v) is 9.16. The molecular weight excluding hydrogens is 942 g/mol. The quantitative estimate of drug-likeness (QED) is 0.0103. The molecule has 0 spiro atoms. The Bertz CT molecular complexity index is 1210. The molecule has 5 atom stereocenters. The summed E-state index contributed by atoms with van der Waals surface area (Å²) in [7, 11) is -4.87. The Balaban J connectivity index is 5.37. The molecule has 0 radical (unpaired) electrons. The molecule has 2 unspecified atom stereocenters. The van der Waals surface area contributed by atoms with Crippen LogP contribution in [0.15, 0.2) is 0 Å². The van der Waals surface area contributed by atoms with Crippen molar-refractivity contribution in [3.8, 4) is 0 Å². The van der Waals surface area contributed by atoms with Gasteiger partial charge in [0.05, 0.1) is 0 Å². The Labute approximate surface area is 393 Å². The van der Waals surface area contributed by atoms with Gasteiger partial charge in [0.25, 0.3) is 0 Å². The number of unbranched alkanes of at least 4 members (excludes halogenated alkanes) is 20. The first kappa shape index (κ1) is 61.6. The smallest absolute Gasteiger partial charge is 0.456 e. The Kier molecular flexibility index (Phi) is 40.0. The van der Waals surface area contributed by atoms with Crippen molar-refractivity contribution in [3.63, 3.8) is 0 Å². The molecule has 16 heteroatoms. The van der Waals surface area contributed by atoms with E-state index >= 15 is 0 Å². The van der Waals surface area contributed by atoms with Crippen LogP contribution in [0.1, 0.15) is 208 Å². The molecule has 0 aromatic heterocycles. The summed E-state index contributed by atoms with van der Waals surface area (Å²) in [6.07, 6.45) is 23.8. The average molecular weight is 1030 g/mol. The predicted molar refractivity (Wildman–Crippen MR) is 245 cm³/mol. The van der Waals surface area contributed by atoms with Gasteiger partial charge in [-0.15, -0.1) is 0 Å². The second kappa shape index (κ2) is 40.9. The number of rotatable bonds is 44. The first-order valence-corrected chi connectivity index (χ1v) is 28.8. The van der Waals surface area contributed by atoms with Crippen LogP contribution in [-0.4, -0.2) is 77.9 Å². The molecule has 0 bridgehead atoms. The number of phosphoric acid groups is 1. The van der Waals surface area contributed by atoms with Crippen molar-refractivity contribution in [2.45, 2.75) is 227 Å². The minimum absolute atomic E-state index is 0.0908. The maximum atomic E-state index is 13.2. The molecule has 0 saturated heterocycles. The van der Waals surface area contributed by atoms with E-state index in [2.05, 4.69) is 13.8 Å². The van der Waals surface area contributed by atoms with Gasteiger partial charge < -0.3 is 9.47 Å². The number of nitrogens with two attached hydrogens (primary N) is 2. The van der Waals surface area contributed by atoms with E-state index in [1.807, 2.05) is 27.7 Å². The third-order valence-corrected chi connectivity index (χ3v) is 13.2. The number of carbonyl (C=O) groups is 4. The molecule has 0 saturated carbocycles. The van der Waals surface area contributed by atoms with Gasteiger partial charge in [-0.2, -0.15) is 0 Å². The summed E-state index contributed by atoms with van der Waals surface area (Å²) in [4.78, 5) is 62.1. The van der Waals surface area contributed by atoms with Crippen molar-refractivity contribution < 1.29 is 78.1 Å². The van der Waals surface area contributed by atoms with Crippen LogP contribution in [0.2, 0.25) is 0 Å². The summed E-state index contributed by atoms with van der Waals surface area (Å²) < 4.78 is 52.0. The van der Waals surface area contributed by atoms with Crippen LogP contribution in [0, 0.1) is 17.8 Å². The molecule has 0 aliphatic rings. The molecule has 63 heavy (non-hydrogen) atoms. The molecule has 0 aliphatic heterocycles. The Morgan fingerprint density at radius 2 is 0.937 bits per heavy atom. The fraction of sp³-hybridized carbons (Fsp3) is 0.915. The predicted octanol–water partition coefficient (Wildman–Crippen LogP) is 7.43. The van der Waals surface area contributed by atoms with Crippen molar-refractivity contribution in [3.05, 3.63) is 0 Å². The van der Waals surface area contributed by atoms with Crippen molar-refractivity contribution in [2.24, 2.45) is 27.4 Å². The topological polar surface area (TPSA) is 213 Å². The van der Waals surface area contributed by atoms with Crippen molar-refractivity contribution in [2.75, 3.05) is 30.9 Å². The van der Waals surface area contributed by atoms with Gasteiger partial charge in [-0.3, -0.25) is 9.59 Å². The normalized spacial score (nSPS) is 14.6. The molecular formula is C47H91IN2O12P-. The summed E-state index contributed by atoms with van der Waals surface area (Å²) in [5.41, 5.74) is 6.03. The van der Waals surface area contributed by atoms with Crippen LogP contribution in [0.4, 0.5) is 0 Å². The van der Waals surface area contributed by atoms with Crippen LogP contribution in [0.25, 0.3) is 0 Å². The third kappa shape index (κ3) is 38.5. The second-order valence-electron chi connectivity index (χ2n) is 18.0. The SMILES string of the molecule is CCCCCCCCCCCCCC(=O)OC[C@H](COP(=O)(O)OCC(COC(=O)[C@@H](C[I-]N)CC(C)C)OC(=O)[C@@H](N)CC(C)C)OC(=O)CCCCCCCCCCCCC. The zero-order chi connectivity index (χ0) is 47.1. The monoisotopic (exact) mass is 1030 g/mol. The van der Waals surface area contributed by atoms with E-state index in [0.717, 1.165) is 38.5 Å². The zero-order valence-corrected chi connectivity index (χ0v) is 43.4. The molecule has 0 fully saturated rings. The Hall–Kier alpha value is -1.36. The van der Waals surface area contributed by atoms with Crippen molar-refractivity contribution >= 4 is 31.7 Å². The molecule has 0 aromatic rings. The molecule has 374 valence electrons. The fourth-order valence-electron chi connectivity index (χ4n) is 7.04. The molecule has 0 aromatic carbocycles. The molecule has 5 N–H and O–H groups in total. The molecule has 14 nitrogen and oxygen atoms in total. The zero-order valence-electron chi connectivity index (χ0n) is 40.3. The van der Waals surface area contributed by atoms with Gasteiger partial charge in [-0.1, -0.05) is 142 Å². The van der Waals surface area contributed by atoms with Gasteiger partial charge in [0.2, 0.25) is 0 Å². The average Bonchev–Trinajstić information content (AvgIpc) is 3.23. The number of hydrogen-bond donors (Lipinski definition) is 3. The third-order valence-electron chi connectivity index (χ3n) is 10.6. The standard InChI is InChI=1S/C47H91IN2O12P/c1-7-9-11-13-15-17-19-21-23-25-27-29-44(51)57-34-41(61-45(52)30-28-26-24-22-20-18-16-14-12-10-8-2)36-59-63(55,56)60-37-42(62-47(54)43(49)32-39(5)6)35-58-46(53)40(33-48-50)31-38(3)4/h38-43H,7-37,49-50H2,1-6H3,(H,55,56)/q-1/t40-,41-,42?,43+/m1/s1. The number of halogens is 1. The van der Waals surface area contributed by atoms with Crippen molar-refractivity contribution in [1.29, 1.82) is 0 Å². The van der Waals surface area contributed by atoms with Gasteiger partial charge in [0, 0.05) is 12.8 Å². The van der Waals surface area contributed by atoms with Crippen LogP contribution in [0.3, 0.4) is 0 Å². The Morgan fingerprint density at radius 3 is 1.37 bits per heavy atom. The van der Waals surface area contributed by atoms with Crippen molar-refractivity contribution in [1.82, 2.24) is 0 Å². The molecule has 0 rings (SSSR count). The van der Waals surface area contributed by atoms with Gasteiger partial charge in [-0.25, -0.2) is 0 Å². The number of esters is 4. The van der Waals surface area contributed by atoms with E-state index in [-0.39, 0.29) is 31.3 Å². The van der Waals surface area contributed by atoms with Crippen LogP contribution in [-0.2, 0) is 51.7 Å². The van der Waals surface area contributed by atoms with Crippen LogP contribution >= 0.6 is 7.82 Å². The second-order valence-corrected chi connectivity index (χ2v) is 21.2. The Morgan fingerprint density at radius 1 is 0.540 bits per heavy atom. The summed E-state index contributed by atoms with van der Waals surface area (Å²) in [5, 5.41) is 0. The number of ether oxygens (including phenoxy) is 4. The minimum Gasteiger partial charge on any atom is -0.456 e. The van der Waals surface area contributed by atoms with E-state index in [9.17, 15) is 28.6 Å². The molecule has 0 heterocycles. The summed E-state index contributed by atoms with van der Waals surface area (Å²) in [5.74, 6) is -2.42. The van der Waals surface area contributed by atoms with Gasteiger partial charge in [-0.05, 0) is 12.8 Å². The minimum atomic E-state index is -4.87. The van der Waals surface area contributed by atoms with E-state index in [4.69, 9.17) is 37.7 Å². The van der Waals surface area contributed by atoms with E-state index < -0.39 is 97.2 Å². The van der Waals surface area contributed by atoms with E-state index in [0.29, 0.717) is 30.1 Å². The van der Waals surface area contributed by atoms with Gasteiger partial charge in [0.1, 0.15) is 6.61 Å². The van der Waals surface area contributed by atoms with E-state index in [1.165, 1.54) is 89.9 Å². The number of phosphoric ester groups is 1. The molecule has 0 amide bonds. The maximum absolute atomic E-state index is 13.2. The van der Waals surface area contributed by atoms with Crippen LogP contribution in [0.5, 0.6) is 0 Å². The number of carbonyl (C=O) groups excluding carboxylic acids is 4. The summed E-state index contributed by atoms with van der Waals surface area (Å²) in [6, 6.07) is -0.978. The summed E-state index contributed by atoms with van der Waals surface area (Å²) in [6.45, 7) is 10.1.